The zero-order valence-corrected chi connectivity index (χ0v) is 10.0. The first-order valence-electron chi connectivity index (χ1n) is 5.32. The van der Waals surface area contributed by atoms with Crippen LogP contribution in [-0.2, 0) is 0 Å². The monoisotopic (exact) mass is 244 g/mol. The van der Waals surface area contributed by atoms with E-state index in [1.165, 1.54) is 6.20 Å². The Kier molecular flexibility index (Phi) is 3.18. The number of anilines is 2. The Morgan fingerprint density at radius 2 is 2.11 bits per heavy atom. The molecule has 0 saturated heterocycles. The zero-order valence-electron chi connectivity index (χ0n) is 10.0. The molecule has 0 radical (unpaired) electrons. The van der Waals surface area contributed by atoms with E-state index in [2.05, 4.69) is 20.3 Å². The third kappa shape index (κ3) is 2.42. The van der Waals surface area contributed by atoms with Gasteiger partial charge in [-0.15, -0.1) is 0 Å². The van der Waals surface area contributed by atoms with Crippen molar-refractivity contribution in [3.8, 4) is 0 Å². The summed E-state index contributed by atoms with van der Waals surface area (Å²) in [5.74, 6) is -0.676. The molecule has 18 heavy (non-hydrogen) atoms. The van der Waals surface area contributed by atoms with Gasteiger partial charge < -0.3 is 10.4 Å². The lowest BCUT2D eigenvalue weighted by molar-refractivity contribution is 0.0695. The predicted octanol–water partition coefficient (Wildman–Crippen LogP) is 1.93. The van der Waals surface area contributed by atoms with Gasteiger partial charge in [0.2, 0.25) is 5.95 Å². The second kappa shape index (κ2) is 4.79. The number of carboxylic acids is 1. The molecule has 6 nitrogen and oxygen atoms in total. The minimum absolute atomic E-state index is 0.100. The molecule has 0 aliphatic carbocycles. The lowest BCUT2D eigenvalue weighted by Crippen LogP contribution is -2.06. The normalized spacial score (nSPS) is 10.1. The topological polar surface area (TPSA) is 88.0 Å². The number of rotatable bonds is 3. The van der Waals surface area contributed by atoms with Gasteiger partial charge in [-0.05, 0) is 25.5 Å². The Morgan fingerprint density at radius 3 is 2.72 bits per heavy atom. The molecule has 0 aliphatic rings. The Morgan fingerprint density at radius 1 is 1.33 bits per heavy atom. The van der Waals surface area contributed by atoms with Crippen LogP contribution in [0.4, 0.5) is 11.6 Å². The van der Waals surface area contributed by atoms with E-state index in [9.17, 15) is 4.79 Å². The average molecular weight is 244 g/mol. The minimum Gasteiger partial charge on any atom is -0.478 e. The van der Waals surface area contributed by atoms with Gasteiger partial charge in [0.1, 0.15) is 0 Å². The molecule has 0 spiro atoms. The van der Waals surface area contributed by atoms with Crippen molar-refractivity contribution in [1.29, 1.82) is 0 Å². The van der Waals surface area contributed by atoms with Crippen molar-refractivity contribution >= 4 is 17.6 Å². The van der Waals surface area contributed by atoms with E-state index in [1.807, 2.05) is 13.0 Å². The van der Waals surface area contributed by atoms with Crippen LogP contribution in [0.5, 0.6) is 0 Å². The van der Waals surface area contributed by atoms with Crippen LogP contribution in [0.25, 0.3) is 0 Å². The molecule has 0 aromatic carbocycles. The van der Waals surface area contributed by atoms with Crippen molar-refractivity contribution < 1.29 is 9.90 Å². The molecule has 0 unspecified atom stereocenters. The molecular weight excluding hydrogens is 232 g/mol. The van der Waals surface area contributed by atoms with Gasteiger partial charge in [0.15, 0.2) is 0 Å². The molecule has 6 heteroatoms. The smallest absolute Gasteiger partial charge is 0.339 e. The number of nitrogens with one attached hydrogen (secondary N) is 1. The Bertz CT molecular complexity index is 598. The highest BCUT2D eigenvalue weighted by atomic mass is 16.4. The van der Waals surface area contributed by atoms with E-state index in [4.69, 9.17) is 5.11 Å². The molecule has 92 valence electrons. The Labute approximate surface area is 104 Å². The summed E-state index contributed by atoms with van der Waals surface area (Å²) in [6.45, 7) is 3.56. The second-order valence-electron chi connectivity index (χ2n) is 3.81. The summed E-state index contributed by atoms with van der Waals surface area (Å²) < 4.78 is 0. The molecule has 2 heterocycles. The molecule has 0 fully saturated rings. The quantitative estimate of drug-likeness (QED) is 0.857. The number of aromatic nitrogens is 3. The molecule has 2 rings (SSSR count). The van der Waals surface area contributed by atoms with Gasteiger partial charge in [-0.1, -0.05) is 0 Å². The van der Waals surface area contributed by atoms with Crippen molar-refractivity contribution in [2.75, 3.05) is 5.32 Å². The molecule has 2 N–H and O–H groups in total. The first-order valence-corrected chi connectivity index (χ1v) is 5.32. The zero-order chi connectivity index (χ0) is 13.1. The summed E-state index contributed by atoms with van der Waals surface area (Å²) in [6.07, 6.45) is 4.65. The van der Waals surface area contributed by atoms with Crippen LogP contribution in [0.1, 0.15) is 21.6 Å². The number of pyridine rings is 1. The van der Waals surface area contributed by atoms with Crippen molar-refractivity contribution in [1.82, 2.24) is 15.0 Å². The Balaban J connectivity index is 2.29. The van der Waals surface area contributed by atoms with Crippen LogP contribution in [0, 0.1) is 13.8 Å². The van der Waals surface area contributed by atoms with Crippen molar-refractivity contribution in [3.05, 3.63) is 41.5 Å². The molecular formula is C12H12N4O2. The highest BCUT2D eigenvalue weighted by Gasteiger charge is 2.10. The van der Waals surface area contributed by atoms with Gasteiger partial charge in [-0.3, -0.25) is 4.98 Å². The summed E-state index contributed by atoms with van der Waals surface area (Å²) >= 11 is 0. The van der Waals surface area contributed by atoms with Crippen LogP contribution in [-0.4, -0.2) is 26.0 Å². The fraction of sp³-hybridized carbons (Fsp3) is 0.167. The fourth-order valence-corrected chi connectivity index (χ4v) is 1.45. The van der Waals surface area contributed by atoms with Gasteiger partial charge in [0.05, 0.1) is 23.1 Å². The first kappa shape index (κ1) is 12.0. The summed E-state index contributed by atoms with van der Waals surface area (Å²) in [5, 5.41) is 11.9. The van der Waals surface area contributed by atoms with Crippen LogP contribution >= 0.6 is 0 Å². The average Bonchev–Trinajstić information content (AvgIpc) is 2.32. The second-order valence-corrected chi connectivity index (χ2v) is 3.81. The molecule has 0 bridgehead atoms. The van der Waals surface area contributed by atoms with Crippen LogP contribution < -0.4 is 5.32 Å². The maximum atomic E-state index is 10.8. The lowest BCUT2D eigenvalue weighted by Gasteiger charge is -2.08. The molecule has 2 aromatic rings. The van der Waals surface area contributed by atoms with Crippen LogP contribution in [0.15, 0.2) is 24.7 Å². The summed E-state index contributed by atoms with van der Waals surface area (Å²) in [6, 6.07) is 1.86. The number of aryl methyl sites for hydroxylation is 2. The van der Waals surface area contributed by atoms with E-state index in [-0.39, 0.29) is 5.56 Å². The molecule has 0 atom stereocenters. The van der Waals surface area contributed by atoms with E-state index in [0.717, 1.165) is 11.3 Å². The van der Waals surface area contributed by atoms with Crippen molar-refractivity contribution in [2.24, 2.45) is 0 Å². The number of hydrogen-bond donors (Lipinski definition) is 2. The molecule has 0 aliphatic heterocycles. The predicted molar refractivity (Wildman–Crippen MR) is 66.0 cm³/mol. The van der Waals surface area contributed by atoms with Gasteiger partial charge in [0.25, 0.3) is 0 Å². The van der Waals surface area contributed by atoms with E-state index in [0.29, 0.717) is 11.6 Å². The number of nitrogens with zero attached hydrogens (tertiary/aromatic N) is 3. The molecule has 0 saturated carbocycles. The SMILES string of the molecule is Cc1ccncc1Nc1ncc(C(=O)O)c(C)n1. The van der Waals surface area contributed by atoms with Crippen molar-refractivity contribution in [2.45, 2.75) is 13.8 Å². The number of aromatic carboxylic acids is 1. The third-order valence-electron chi connectivity index (χ3n) is 2.50. The molecule has 2 aromatic heterocycles. The van der Waals surface area contributed by atoms with Gasteiger partial charge in [-0.25, -0.2) is 14.8 Å². The first-order chi connectivity index (χ1) is 8.58. The van der Waals surface area contributed by atoms with Crippen LogP contribution in [0.3, 0.4) is 0 Å². The summed E-state index contributed by atoms with van der Waals surface area (Å²) in [5.41, 5.74) is 2.32. The number of carboxylic acid groups (broad SMARTS) is 1. The van der Waals surface area contributed by atoms with E-state index in [1.54, 1.807) is 19.3 Å². The third-order valence-corrected chi connectivity index (χ3v) is 2.50. The maximum absolute atomic E-state index is 10.8. The van der Waals surface area contributed by atoms with Gasteiger partial charge in [-0.2, -0.15) is 0 Å². The summed E-state index contributed by atoms with van der Waals surface area (Å²) in [4.78, 5) is 22.9. The largest absolute Gasteiger partial charge is 0.478 e. The maximum Gasteiger partial charge on any atom is 0.339 e. The van der Waals surface area contributed by atoms with Crippen molar-refractivity contribution in [3.63, 3.8) is 0 Å². The molecule has 0 amide bonds. The number of carbonyl (C=O) groups is 1. The highest BCUT2D eigenvalue weighted by molar-refractivity contribution is 5.88. The standard InChI is InChI=1S/C12H12N4O2/c1-7-3-4-13-6-10(7)16-12-14-5-9(11(17)18)8(2)15-12/h3-6H,1-2H3,(H,17,18)(H,14,15,16). The minimum atomic E-state index is -1.03. The van der Waals surface area contributed by atoms with Gasteiger partial charge >= 0.3 is 5.97 Å². The van der Waals surface area contributed by atoms with Crippen LogP contribution in [0.2, 0.25) is 0 Å². The van der Waals surface area contributed by atoms with E-state index >= 15 is 0 Å². The Hall–Kier alpha value is -2.50. The van der Waals surface area contributed by atoms with E-state index < -0.39 is 5.97 Å². The lowest BCUT2D eigenvalue weighted by atomic mass is 10.2. The number of hydrogen-bond acceptors (Lipinski definition) is 5. The van der Waals surface area contributed by atoms with Gasteiger partial charge in [0, 0.05) is 12.4 Å². The summed E-state index contributed by atoms with van der Waals surface area (Å²) in [7, 11) is 0. The highest BCUT2D eigenvalue weighted by Crippen LogP contribution is 2.16. The fourth-order valence-electron chi connectivity index (χ4n) is 1.45.